The van der Waals surface area contributed by atoms with Gasteiger partial charge in [-0.1, -0.05) is 12.1 Å². The number of nitrogens with zero attached hydrogens (tertiary/aromatic N) is 1. The molecule has 0 aromatic heterocycles. The van der Waals surface area contributed by atoms with E-state index in [2.05, 4.69) is 5.32 Å². The zero-order chi connectivity index (χ0) is 23.9. The third-order valence-electron chi connectivity index (χ3n) is 5.57. The lowest BCUT2D eigenvalue weighted by Gasteiger charge is -2.29. The summed E-state index contributed by atoms with van der Waals surface area (Å²) in [5.41, 5.74) is -0.00559. The van der Waals surface area contributed by atoms with E-state index < -0.39 is 53.3 Å². The minimum absolute atomic E-state index is 0.0336. The highest BCUT2D eigenvalue weighted by Crippen LogP contribution is 2.34. The smallest absolute Gasteiger partial charge is 0.337 e. The van der Waals surface area contributed by atoms with Crippen LogP contribution >= 0.6 is 0 Å². The van der Waals surface area contributed by atoms with E-state index in [0.717, 1.165) is 18.2 Å². The molecule has 0 aliphatic carbocycles. The van der Waals surface area contributed by atoms with Crippen molar-refractivity contribution in [3.05, 3.63) is 70.5 Å². The number of piperidine rings is 1. The van der Waals surface area contributed by atoms with Gasteiger partial charge in [0.15, 0.2) is 6.04 Å². The van der Waals surface area contributed by atoms with Gasteiger partial charge >= 0.3 is 6.18 Å². The predicted octanol–water partition coefficient (Wildman–Crippen LogP) is 2.62. The van der Waals surface area contributed by atoms with Crippen LogP contribution in [0.3, 0.4) is 0 Å². The quantitative estimate of drug-likeness (QED) is 0.538. The molecule has 0 saturated carbocycles. The van der Waals surface area contributed by atoms with E-state index in [0.29, 0.717) is 11.6 Å². The number of rotatable bonds is 4. The summed E-state index contributed by atoms with van der Waals surface area (Å²) in [7, 11) is 0. The number of imide groups is 1. The number of fused-ring (bicyclic) bond motifs is 1. The molecule has 4 amide bonds. The second-order valence-corrected chi connectivity index (χ2v) is 7.77. The molecule has 2 N–H and O–H groups in total. The van der Waals surface area contributed by atoms with Crippen molar-refractivity contribution >= 4 is 23.6 Å². The molecule has 0 bridgehead atoms. The largest absolute Gasteiger partial charge is 0.412 e. The van der Waals surface area contributed by atoms with Crippen LogP contribution in [0.2, 0.25) is 0 Å². The molecule has 2 aliphatic heterocycles. The first-order chi connectivity index (χ1) is 15.5. The van der Waals surface area contributed by atoms with Gasteiger partial charge in [0.2, 0.25) is 11.8 Å². The van der Waals surface area contributed by atoms with Crippen LogP contribution in [0, 0.1) is 5.82 Å². The van der Waals surface area contributed by atoms with Gasteiger partial charge in [-0.05, 0) is 47.9 Å². The fourth-order valence-electron chi connectivity index (χ4n) is 3.97. The van der Waals surface area contributed by atoms with Gasteiger partial charge in [-0.25, -0.2) is 4.39 Å². The Kier molecular flexibility index (Phi) is 5.64. The SMILES string of the molecule is O=C1CC[C@@H](N2Cc3cc(C(=O)N[C@H](c4cccc(F)c4)C(F)(F)F)ccc3C2=O)C(=O)N1. The Hall–Kier alpha value is -3.76. The zero-order valence-electron chi connectivity index (χ0n) is 16.9. The van der Waals surface area contributed by atoms with E-state index >= 15 is 0 Å². The van der Waals surface area contributed by atoms with Crippen LogP contribution in [0.1, 0.15) is 50.7 Å². The molecule has 2 aromatic rings. The maximum Gasteiger partial charge on any atom is 0.412 e. The summed E-state index contributed by atoms with van der Waals surface area (Å²) >= 11 is 0. The summed E-state index contributed by atoms with van der Waals surface area (Å²) in [6, 6.07) is 4.36. The second-order valence-electron chi connectivity index (χ2n) is 7.77. The number of carbonyl (C=O) groups excluding carboxylic acids is 4. The van der Waals surface area contributed by atoms with Gasteiger partial charge in [0.25, 0.3) is 11.8 Å². The number of hydrogen-bond acceptors (Lipinski definition) is 4. The van der Waals surface area contributed by atoms with Crippen LogP contribution in [0.5, 0.6) is 0 Å². The summed E-state index contributed by atoms with van der Waals surface area (Å²) in [6.45, 7) is -0.0336. The Labute approximate surface area is 184 Å². The van der Waals surface area contributed by atoms with Crippen molar-refractivity contribution in [2.75, 3.05) is 0 Å². The number of nitrogens with one attached hydrogen (secondary N) is 2. The van der Waals surface area contributed by atoms with Crippen LogP contribution in [0.15, 0.2) is 42.5 Å². The molecule has 1 fully saturated rings. The third-order valence-corrected chi connectivity index (χ3v) is 5.57. The summed E-state index contributed by atoms with van der Waals surface area (Å²) in [5, 5.41) is 4.04. The van der Waals surface area contributed by atoms with E-state index in [1.165, 1.54) is 23.1 Å². The summed E-state index contributed by atoms with van der Waals surface area (Å²) in [4.78, 5) is 50.0. The molecular formula is C22H17F4N3O4. The molecule has 11 heteroatoms. The molecule has 172 valence electrons. The second kappa shape index (κ2) is 8.30. The van der Waals surface area contributed by atoms with Crippen molar-refractivity contribution < 1.29 is 36.7 Å². The Morgan fingerprint density at radius 3 is 2.55 bits per heavy atom. The van der Waals surface area contributed by atoms with Crippen molar-refractivity contribution in [3.63, 3.8) is 0 Å². The van der Waals surface area contributed by atoms with Crippen LogP contribution in [0.4, 0.5) is 17.6 Å². The first-order valence-corrected chi connectivity index (χ1v) is 9.95. The van der Waals surface area contributed by atoms with Crippen molar-refractivity contribution in [2.45, 2.75) is 37.6 Å². The van der Waals surface area contributed by atoms with Gasteiger partial charge in [0, 0.05) is 24.1 Å². The Balaban J connectivity index is 1.55. The lowest BCUT2D eigenvalue weighted by molar-refractivity contribution is -0.155. The van der Waals surface area contributed by atoms with Crippen molar-refractivity contribution in [2.24, 2.45) is 0 Å². The highest BCUT2D eigenvalue weighted by molar-refractivity contribution is 6.06. The van der Waals surface area contributed by atoms with E-state index in [9.17, 15) is 36.7 Å². The van der Waals surface area contributed by atoms with E-state index in [1.54, 1.807) is 0 Å². The lowest BCUT2D eigenvalue weighted by atomic mass is 10.0. The highest BCUT2D eigenvalue weighted by atomic mass is 19.4. The molecule has 0 spiro atoms. The van der Waals surface area contributed by atoms with Gasteiger partial charge in [-0.3, -0.25) is 24.5 Å². The van der Waals surface area contributed by atoms with Crippen LogP contribution in [-0.2, 0) is 16.1 Å². The van der Waals surface area contributed by atoms with Crippen LogP contribution in [-0.4, -0.2) is 40.7 Å². The Morgan fingerprint density at radius 1 is 1.12 bits per heavy atom. The first kappa shape index (κ1) is 22.4. The maximum atomic E-state index is 13.6. The number of carbonyl (C=O) groups is 4. The molecule has 4 rings (SSSR count). The number of amides is 4. The molecule has 2 atom stereocenters. The standard InChI is InChI=1S/C22H17F4N3O4/c23-14-3-1-2-11(9-14)18(22(24,25)26)28-19(31)12-4-5-15-13(8-12)10-29(21(15)33)16-6-7-17(30)27-20(16)32/h1-5,8-9,16,18H,6-7,10H2,(H,28,31)(H,27,30,32)/t16-,18-/m1/s1. The first-order valence-electron chi connectivity index (χ1n) is 9.95. The highest BCUT2D eigenvalue weighted by Gasteiger charge is 2.43. The van der Waals surface area contributed by atoms with Gasteiger partial charge in [0.05, 0.1) is 0 Å². The number of halogens is 4. The normalized spacial score (nSPS) is 19.2. The van der Waals surface area contributed by atoms with Crippen LogP contribution in [0.25, 0.3) is 0 Å². The molecule has 2 aromatic carbocycles. The summed E-state index contributed by atoms with van der Waals surface area (Å²) in [6.07, 6.45) is -4.65. The minimum Gasteiger partial charge on any atom is -0.337 e. The maximum absolute atomic E-state index is 13.6. The molecule has 33 heavy (non-hydrogen) atoms. The topological polar surface area (TPSA) is 95.6 Å². The number of alkyl halides is 3. The predicted molar refractivity (Wildman–Crippen MR) is 105 cm³/mol. The molecule has 0 radical (unpaired) electrons. The van der Waals surface area contributed by atoms with Crippen molar-refractivity contribution in [3.8, 4) is 0 Å². The number of hydrogen-bond donors (Lipinski definition) is 2. The zero-order valence-corrected chi connectivity index (χ0v) is 16.9. The molecular weight excluding hydrogens is 446 g/mol. The van der Waals surface area contributed by atoms with E-state index in [1.807, 2.05) is 5.32 Å². The lowest BCUT2D eigenvalue weighted by Crippen LogP contribution is -2.52. The Morgan fingerprint density at radius 2 is 1.88 bits per heavy atom. The molecule has 2 aliphatic rings. The molecule has 1 saturated heterocycles. The molecule has 2 heterocycles. The molecule has 7 nitrogen and oxygen atoms in total. The van der Waals surface area contributed by atoms with E-state index in [4.69, 9.17) is 0 Å². The van der Waals surface area contributed by atoms with Gasteiger partial charge < -0.3 is 10.2 Å². The average Bonchev–Trinajstić information content (AvgIpc) is 3.06. The Bertz CT molecular complexity index is 1160. The summed E-state index contributed by atoms with van der Waals surface area (Å²) in [5.74, 6) is -3.44. The van der Waals surface area contributed by atoms with Gasteiger partial charge in [-0.2, -0.15) is 13.2 Å². The summed E-state index contributed by atoms with van der Waals surface area (Å²) < 4.78 is 54.1. The van der Waals surface area contributed by atoms with Crippen LogP contribution < -0.4 is 10.6 Å². The molecule has 0 unspecified atom stereocenters. The number of benzene rings is 2. The monoisotopic (exact) mass is 463 g/mol. The van der Waals surface area contributed by atoms with Crippen molar-refractivity contribution in [1.82, 2.24) is 15.5 Å². The van der Waals surface area contributed by atoms with E-state index in [-0.39, 0.29) is 30.5 Å². The fourth-order valence-corrected chi connectivity index (χ4v) is 3.97. The third kappa shape index (κ3) is 4.43. The van der Waals surface area contributed by atoms with Gasteiger partial charge in [0.1, 0.15) is 11.9 Å². The average molecular weight is 463 g/mol. The fraction of sp³-hybridized carbons (Fsp3) is 0.273. The van der Waals surface area contributed by atoms with Gasteiger partial charge in [-0.15, -0.1) is 0 Å². The minimum atomic E-state index is -4.88. The van der Waals surface area contributed by atoms with Crippen molar-refractivity contribution in [1.29, 1.82) is 0 Å².